The highest BCUT2D eigenvalue weighted by Crippen LogP contribution is 2.36. The summed E-state index contributed by atoms with van der Waals surface area (Å²) in [6.07, 6.45) is 4.39. The van der Waals surface area contributed by atoms with Crippen LogP contribution in [0.5, 0.6) is 11.5 Å². The van der Waals surface area contributed by atoms with Crippen LogP contribution in [0.1, 0.15) is 24.8 Å². The molecule has 1 saturated carbocycles. The molecule has 0 bridgehead atoms. The maximum Gasteiger partial charge on any atom is 0.162 e. The molecule has 3 rings (SSSR count). The topological polar surface area (TPSA) is 35.5 Å². The summed E-state index contributed by atoms with van der Waals surface area (Å²) in [5.74, 6) is 1.82. The van der Waals surface area contributed by atoms with Crippen molar-refractivity contribution in [2.24, 2.45) is 0 Å². The first-order valence-electron chi connectivity index (χ1n) is 5.87. The molecule has 0 amide bonds. The number of carbonyl (C=O) groups excluding carboxylic acids is 1. The zero-order chi connectivity index (χ0) is 11.8. The summed E-state index contributed by atoms with van der Waals surface area (Å²) in [5.41, 5.74) is 1.79. The van der Waals surface area contributed by atoms with Crippen molar-refractivity contribution < 1.29 is 14.3 Å². The SMILES string of the molecule is COc1ccc2c(c1)OC1CCCC(=O)C1=C2. The van der Waals surface area contributed by atoms with Gasteiger partial charge in [-0.05, 0) is 31.1 Å². The van der Waals surface area contributed by atoms with Crippen LogP contribution in [0.2, 0.25) is 0 Å². The summed E-state index contributed by atoms with van der Waals surface area (Å²) >= 11 is 0. The smallest absolute Gasteiger partial charge is 0.162 e. The van der Waals surface area contributed by atoms with E-state index in [1.165, 1.54) is 0 Å². The number of carbonyl (C=O) groups is 1. The molecule has 1 heterocycles. The predicted molar refractivity (Wildman–Crippen MR) is 64.2 cm³/mol. The zero-order valence-corrected chi connectivity index (χ0v) is 9.73. The van der Waals surface area contributed by atoms with E-state index in [4.69, 9.17) is 9.47 Å². The van der Waals surface area contributed by atoms with Crippen LogP contribution in [0.15, 0.2) is 23.8 Å². The molecule has 17 heavy (non-hydrogen) atoms. The molecular formula is C14H14O3. The van der Waals surface area contributed by atoms with Crippen LogP contribution in [0.25, 0.3) is 6.08 Å². The van der Waals surface area contributed by atoms with Crippen molar-refractivity contribution in [2.45, 2.75) is 25.4 Å². The van der Waals surface area contributed by atoms with Crippen molar-refractivity contribution in [1.82, 2.24) is 0 Å². The number of ether oxygens (including phenoxy) is 2. The Labute approximate surface area is 100 Å². The summed E-state index contributed by atoms with van der Waals surface area (Å²) < 4.78 is 11.0. The lowest BCUT2D eigenvalue weighted by Gasteiger charge is -2.29. The third kappa shape index (κ3) is 1.71. The average Bonchev–Trinajstić information content (AvgIpc) is 2.36. The first kappa shape index (κ1) is 10.4. The normalized spacial score (nSPS) is 22.1. The Bertz CT molecular complexity index is 502. The van der Waals surface area contributed by atoms with E-state index in [1.54, 1.807) is 7.11 Å². The van der Waals surface area contributed by atoms with Crippen molar-refractivity contribution >= 4 is 11.9 Å². The van der Waals surface area contributed by atoms with Crippen LogP contribution < -0.4 is 9.47 Å². The van der Waals surface area contributed by atoms with E-state index < -0.39 is 0 Å². The number of methoxy groups -OCH3 is 1. The van der Waals surface area contributed by atoms with Crippen molar-refractivity contribution in [3.8, 4) is 11.5 Å². The molecule has 88 valence electrons. The number of ketones is 1. The Morgan fingerprint density at radius 2 is 2.29 bits per heavy atom. The predicted octanol–water partition coefficient (Wildman–Crippen LogP) is 2.59. The van der Waals surface area contributed by atoms with Gasteiger partial charge in [-0.3, -0.25) is 4.79 Å². The Kier molecular flexibility index (Phi) is 2.39. The number of fused-ring (bicyclic) bond motifs is 2. The van der Waals surface area contributed by atoms with Crippen LogP contribution >= 0.6 is 0 Å². The number of hydrogen-bond acceptors (Lipinski definition) is 3. The van der Waals surface area contributed by atoms with Gasteiger partial charge in [0.25, 0.3) is 0 Å². The Hall–Kier alpha value is -1.77. The molecule has 1 unspecified atom stereocenters. The Morgan fingerprint density at radius 1 is 1.41 bits per heavy atom. The molecule has 0 radical (unpaired) electrons. The number of benzene rings is 1. The molecule has 0 N–H and O–H groups in total. The third-order valence-corrected chi connectivity index (χ3v) is 3.34. The van der Waals surface area contributed by atoms with E-state index in [0.29, 0.717) is 6.42 Å². The van der Waals surface area contributed by atoms with E-state index in [9.17, 15) is 4.79 Å². The van der Waals surface area contributed by atoms with Gasteiger partial charge in [-0.1, -0.05) is 0 Å². The maximum absolute atomic E-state index is 11.8. The molecule has 0 saturated heterocycles. The van der Waals surface area contributed by atoms with Gasteiger partial charge < -0.3 is 9.47 Å². The Morgan fingerprint density at radius 3 is 3.12 bits per heavy atom. The summed E-state index contributed by atoms with van der Waals surface area (Å²) in [6.45, 7) is 0. The molecule has 0 aromatic heterocycles. The highest BCUT2D eigenvalue weighted by atomic mass is 16.5. The van der Waals surface area contributed by atoms with Crippen molar-refractivity contribution in [3.63, 3.8) is 0 Å². The van der Waals surface area contributed by atoms with E-state index in [-0.39, 0.29) is 11.9 Å². The lowest BCUT2D eigenvalue weighted by molar-refractivity contribution is -0.117. The molecule has 1 aromatic carbocycles. The number of hydrogen-bond donors (Lipinski definition) is 0. The molecular weight excluding hydrogens is 216 g/mol. The summed E-state index contributed by atoms with van der Waals surface area (Å²) in [5, 5.41) is 0. The fourth-order valence-electron chi connectivity index (χ4n) is 2.41. The highest BCUT2D eigenvalue weighted by Gasteiger charge is 2.30. The van der Waals surface area contributed by atoms with Gasteiger partial charge in [0.15, 0.2) is 5.78 Å². The minimum absolute atomic E-state index is 0.0594. The highest BCUT2D eigenvalue weighted by molar-refractivity contribution is 6.02. The maximum atomic E-state index is 11.8. The molecule has 1 atom stereocenters. The van der Waals surface area contributed by atoms with Crippen molar-refractivity contribution in [3.05, 3.63) is 29.3 Å². The lowest BCUT2D eigenvalue weighted by Crippen LogP contribution is -2.31. The molecule has 2 aliphatic rings. The van der Waals surface area contributed by atoms with Crippen LogP contribution in [0.3, 0.4) is 0 Å². The van der Waals surface area contributed by atoms with Gasteiger partial charge in [-0.25, -0.2) is 0 Å². The summed E-state index contributed by atoms with van der Waals surface area (Å²) in [4.78, 5) is 11.8. The minimum Gasteiger partial charge on any atom is -0.497 e. The van der Waals surface area contributed by atoms with Crippen molar-refractivity contribution in [2.75, 3.05) is 7.11 Å². The molecule has 1 aliphatic carbocycles. The van der Waals surface area contributed by atoms with Gasteiger partial charge in [0.1, 0.15) is 17.6 Å². The third-order valence-electron chi connectivity index (χ3n) is 3.34. The second kappa shape index (κ2) is 3.91. The number of Topliss-reactive ketones (excluding diaryl/α,β-unsaturated/α-hetero) is 1. The monoisotopic (exact) mass is 230 g/mol. The van der Waals surface area contributed by atoms with Gasteiger partial charge in [-0.15, -0.1) is 0 Å². The van der Waals surface area contributed by atoms with Crippen molar-refractivity contribution in [1.29, 1.82) is 0 Å². The van der Waals surface area contributed by atoms with Gasteiger partial charge >= 0.3 is 0 Å². The van der Waals surface area contributed by atoms with E-state index in [0.717, 1.165) is 35.5 Å². The van der Waals surface area contributed by atoms with Gasteiger partial charge in [0.05, 0.1) is 7.11 Å². The van der Waals surface area contributed by atoms with Crippen LogP contribution in [-0.2, 0) is 4.79 Å². The fourth-order valence-corrected chi connectivity index (χ4v) is 2.41. The molecule has 1 aromatic rings. The summed E-state index contributed by atoms with van der Waals surface area (Å²) in [7, 11) is 1.63. The standard InChI is InChI=1S/C14H14O3/c1-16-10-6-5-9-7-11-12(15)3-2-4-13(11)17-14(9)8-10/h5-8,13H,2-4H2,1H3. The molecule has 0 spiro atoms. The average molecular weight is 230 g/mol. The second-order valence-corrected chi connectivity index (χ2v) is 4.43. The fraction of sp³-hybridized carbons (Fsp3) is 0.357. The zero-order valence-electron chi connectivity index (χ0n) is 9.73. The number of rotatable bonds is 1. The first-order chi connectivity index (χ1) is 8.28. The van der Waals surface area contributed by atoms with Gasteiger partial charge in [0, 0.05) is 23.6 Å². The second-order valence-electron chi connectivity index (χ2n) is 4.43. The minimum atomic E-state index is -0.0594. The van der Waals surface area contributed by atoms with E-state index in [2.05, 4.69) is 0 Å². The molecule has 1 aliphatic heterocycles. The molecule has 1 fully saturated rings. The van der Waals surface area contributed by atoms with Crippen LogP contribution in [0.4, 0.5) is 0 Å². The van der Waals surface area contributed by atoms with Crippen LogP contribution in [0, 0.1) is 0 Å². The molecule has 3 nitrogen and oxygen atoms in total. The van der Waals surface area contributed by atoms with E-state index >= 15 is 0 Å². The summed E-state index contributed by atoms with van der Waals surface area (Å²) in [6, 6.07) is 5.69. The van der Waals surface area contributed by atoms with Gasteiger partial charge in [0.2, 0.25) is 0 Å². The quantitative estimate of drug-likeness (QED) is 0.743. The first-order valence-corrected chi connectivity index (χ1v) is 5.87. The Balaban J connectivity index is 2.04. The van der Waals surface area contributed by atoms with E-state index in [1.807, 2.05) is 24.3 Å². The van der Waals surface area contributed by atoms with Gasteiger partial charge in [-0.2, -0.15) is 0 Å². The largest absolute Gasteiger partial charge is 0.497 e. The lowest BCUT2D eigenvalue weighted by atomic mass is 9.87. The van der Waals surface area contributed by atoms with Crippen LogP contribution in [-0.4, -0.2) is 19.0 Å². The molecule has 3 heteroatoms.